The number of hydrogen-bond acceptors (Lipinski definition) is 7. The summed E-state index contributed by atoms with van der Waals surface area (Å²) in [5, 5.41) is 12.0. The van der Waals surface area contributed by atoms with Gasteiger partial charge in [-0.3, -0.25) is 10.1 Å². The number of likely N-dealkylation sites (N-methyl/N-ethyl adjacent to an activating group) is 2. The first-order valence-electron chi connectivity index (χ1n) is 11.7. The minimum absolute atomic E-state index is 0.711. The van der Waals surface area contributed by atoms with Crippen LogP contribution in [0.2, 0.25) is 0 Å². The lowest BCUT2D eigenvalue weighted by Gasteiger charge is -2.20. The van der Waals surface area contributed by atoms with Gasteiger partial charge in [0.15, 0.2) is 0 Å². The Balaban J connectivity index is 1.52. The third kappa shape index (κ3) is 6.03. The standard InChI is InChI=1S/C27H34N8/c1-19(30-23-8-10-26(29-17-23)35(6)12-11-33(2)3)27-24-14-21(7-9-25(24)31-32-27)22-13-20(15-28-16-22)18-34(4)5/h7-10,13-17,30H,1,11-12,18H2,2-6H3,(H,31,32). The van der Waals surface area contributed by atoms with Crippen LogP contribution in [0, 0.1) is 0 Å². The number of pyridine rings is 2. The van der Waals surface area contributed by atoms with E-state index in [9.17, 15) is 0 Å². The zero-order valence-corrected chi connectivity index (χ0v) is 21.2. The molecule has 8 nitrogen and oxygen atoms in total. The fourth-order valence-corrected chi connectivity index (χ4v) is 3.90. The van der Waals surface area contributed by atoms with Crippen molar-refractivity contribution < 1.29 is 0 Å². The number of hydrogen-bond donors (Lipinski definition) is 2. The summed E-state index contributed by atoms with van der Waals surface area (Å²) in [5.41, 5.74) is 6.67. The molecule has 4 rings (SSSR count). The molecular weight excluding hydrogens is 436 g/mol. The van der Waals surface area contributed by atoms with Crippen molar-refractivity contribution in [2.45, 2.75) is 6.54 Å². The zero-order valence-electron chi connectivity index (χ0n) is 21.2. The molecule has 0 bridgehead atoms. The summed E-state index contributed by atoms with van der Waals surface area (Å²) in [5.74, 6) is 0.933. The van der Waals surface area contributed by atoms with E-state index in [1.54, 1.807) is 0 Å². The largest absolute Gasteiger partial charge is 0.358 e. The van der Waals surface area contributed by atoms with Crippen LogP contribution < -0.4 is 10.2 Å². The van der Waals surface area contributed by atoms with Gasteiger partial charge in [0.25, 0.3) is 0 Å². The number of nitrogens with zero attached hydrogens (tertiary/aromatic N) is 6. The van der Waals surface area contributed by atoms with Gasteiger partial charge in [0.05, 0.1) is 23.1 Å². The number of fused-ring (bicyclic) bond motifs is 1. The number of H-pyrrole nitrogens is 1. The smallest absolute Gasteiger partial charge is 0.128 e. The van der Waals surface area contributed by atoms with Gasteiger partial charge in [-0.25, -0.2) is 4.98 Å². The molecule has 3 aromatic heterocycles. The lowest BCUT2D eigenvalue weighted by atomic mass is 10.0. The van der Waals surface area contributed by atoms with Crippen LogP contribution in [0.1, 0.15) is 11.3 Å². The van der Waals surface area contributed by atoms with Gasteiger partial charge in [-0.1, -0.05) is 12.6 Å². The van der Waals surface area contributed by atoms with Gasteiger partial charge in [-0.05, 0) is 69.6 Å². The Hall–Kier alpha value is -3.75. The molecule has 2 N–H and O–H groups in total. The third-order valence-electron chi connectivity index (χ3n) is 5.79. The van der Waals surface area contributed by atoms with Crippen LogP contribution in [0.15, 0.2) is 61.6 Å². The van der Waals surface area contributed by atoms with Crippen LogP contribution in [0.3, 0.4) is 0 Å². The van der Waals surface area contributed by atoms with E-state index in [1.807, 2.05) is 36.8 Å². The van der Waals surface area contributed by atoms with Crippen molar-refractivity contribution in [3.63, 3.8) is 0 Å². The van der Waals surface area contributed by atoms with Crippen molar-refractivity contribution in [1.82, 2.24) is 30.0 Å². The molecule has 182 valence electrons. The van der Waals surface area contributed by atoms with E-state index in [1.165, 1.54) is 5.56 Å². The zero-order chi connectivity index (χ0) is 24.9. The summed E-state index contributed by atoms with van der Waals surface area (Å²) in [6, 6.07) is 12.5. The van der Waals surface area contributed by atoms with E-state index in [2.05, 4.69) is 100 Å². The number of aromatic amines is 1. The fourth-order valence-electron chi connectivity index (χ4n) is 3.90. The Labute approximate surface area is 207 Å². The highest BCUT2D eigenvalue weighted by Crippen LogP contribution is 2.29. The predicted octanol–water partition coefficient (Wildman–Crippen LogP) is 4.16. The van der Waals surface area contributed by atoms with Gasteiger partial charge in [0, 0.05) is 50.0 Å². The molecule has 0 atom stereocenters. The normalized spacial score (nSPS) is 11.4. The summed E-state index contributed by atoms with van der Waals surface area (Å²) >= 11 is 0. The van der Waals surface area contributed by atoms with Crippen molar-refractivity contribution in [3.8, 4) is 11.1 Å². The maximum absolute atomic E-state index is 4.60. The quantitative estimate of drug-likeness (QED) is 0.360. The minimum atomic E-state index is 0.711. The highest BCUT2D eigenvalue weighted by atomic mass is 15.2. The molecule has 0 unspecified atom stereocenters. The third-order valence-corrected chi connectivity index (χ3v) is 5.79. The summed E-state index contributed by atoms with van der Waals surface area (Å²) in [6.07, 6.45) is 5.64. The van der Waals surface area contributed by atoms with Gasteiger partial charge in [0.2, 0.25) is 0 Å². The minimum Gasteiger partial charge on any atom is -0.358 e. The molecule has 0 saturated heterocycles. The van der Waals surface area contributed by atoms with Crippen LogP contribution in [0.5, 0.6) is 0 Å². The molecule has 0 aliphatic heterocycles. The molecule has 0 saturated carbocycles. The number of benzene rings is 1. The van der Waals surface area contributed by atoms with E-state index in [0.29, 0.717) is 5.70 Å². The van der Waals surface area contributed by atoms with Gasteiger partial charge in [-0.2, -0.15) is 5.10 Å². The summed E-state index contributed by atoms with van der Waals surface area (Å²) in [6.45, 7) is 6.97. The van der Waals surface area contributed by atoms with Gasteiger partial charge in [0.1, 0.15) is 11.5 Å². The van der Waals surface area contributed by atoms with Crippen LogP contribution >= 0.6 is 0 Å². The van der Waals surface area contributed by atoms with Crippen LogP contribution in [-0.4, -0.2) is 78.3 Å². The van der Waals surface area contributed by atoms with Crippen molar-refractivity contribution in [1.29, 1.82) is 0 Å². The average molecular weight is 471 g/mol. The van der Waals surface area contributed by atoms with Crippen molar-refractivity contribution >= 4 is 28.1 Å². The van der Waals surface area contributed by atoms with E-state index in [0.717, 1.165) is 58.9 Å². The Bertz CT molecular complexity index is 1290. The first kappa shape index (κ1) is 24.4. The molecule has 35 heavy (non-hydrogen) atoms. The lowest BCUT2D eigenvalue weighted by Crippen LogP contribution is -2.28. The second-order valence-electron chi connectivity index (χ2n) is 9.39. The Kier molecular flexibility index (Phi) is 7.43. The van der Waals surface area contributed by atoms with Crippen molar-refractivity contribution in [3.05, 3.63) is 72.8 Å². The second-order valence-corrected chi connectivity index (χ2v) is 9.39. The summed E-state index contributed by atoms with van der Waals surface area (Å²) < 4.78 is 0. The van der Waals surface area contributed by atoms with E-state index in [4.69, 9.17) is 0 Å². The maximum Gasteiger partial charge on any atom is 0.128 e. The first-order valence-corrected chi connectivity index (χ1v) is 11.7. The Morgan fingerprint density at radius 1 is 0.914 bits per heavy atom. The molecule has 0 aliphatic carbocycles. The molecule has 0 radical (unpaired) electrons. The SMILES string of the molecule is C=C(Nc1ccc(N(C)CCN(C)C)nc1)c1n[nH]c2ccc(-c3cncc(CN(C)C)c3)cc12. The molecule has 8 heteroatoms. The van der Waals surface area contributed by atoms with Gasteiger partial charge >= 0.3 is 0 Å². The Morgan fingerprint density at radius 2 is 1.74 bits per heavy atom. The first-order chi connectivity index (χ1) is 16.8. The lowest BCUT2D eigenvalue weighted by molar-refractivity contribution is 0.402. The summed E-state index contributed by atoms with van der Waals surface area (Å²) in [4.78, 5) is 15.5. The number of rotatable bonds is 10. The highest BCUT2D eigenvalue weighted by Gasteiger charge is 2.12. The highest BCUT2D eigenvalue weighted by molar-refractivity contribution is 5.95. The molecule has 1 aromatic carbocycles. The van der Waals surface area contributed by atoms with Crippen LogP contribution in [0.25, 0.3) is 27.7 Å². The number of aromatic nitrogens is 4. The molecular formula is C27H34N8. The number of nitrogens with one attached hydrogen (secondary N) is 2. The fraction of sp³-hybridized carbons (Fsp3) is 0.296. The molecule has 3 heterocycles. The van der Waals surface area contributed by atoms with Gasteiger partial charge in [-0.15, -0.1) is 0 Å². The van der Waals surface area contributed by atoms with E-state index in [-0.39, 0.29) is 0 Å². The topological polar surface area (TPSA) is 76.2 Å². The molecule has 0 aliphatic rings. The van der Waals surface area contributed by atoms with Crippen LogP contribution in [0.4, 0.5) is 11.5 Å². The molecule has 0 spiro atoms. The number of anilines is 2. The second kappa shape index (κ2) is 10.7. The summed E-state index contributed by atoms with van der Waals surface area (Å²) in [7, 11) is 10.3. The predicted molar refractivity (Wildman–Crippen MR) is 145 cm³/mol. The van der Waals surface area contributed by atoms with E-state index < -0.39 is 0 Å². The molecule has 4 aromatic rings. The Morgan fingerprint density at radius 3 is 2.46 bits per heavy atom. The van der Waals surface area contributed by atoms with Crippen molar-refractivity contribution in [2.24, 2.45) is 0 Å². The average Bonchev–Trinajstić information content (AvgIpc) is 3.26. The van der Waals surface area contributed by atoms with Gasteiger partial charge < -0.3 is 20.0 Å². The monoisotopic (exact) mass is 470 g/mol. The molecule has 0 fully saturated rings. The van der Waals surface area contributed by atoms with E-state index >= 15 is 0 Å². The van der Waals surface area contributed by atoms with Crippen molar-refractivity contribution in [2.75, 3.05) is 58.5 Å². The van der Waals surface area contributed by atoms with Crippen LogP contribution in [-0.2, 0) is 6.54 Å². The maximum atomic E-state index is 4.60. The molecule has 0 amide bonds.